The quantitative estimate of drug-likeness (QED) is 0.751. The number of carbonyl (C=O) groups is 1. The molecule has 1 amide bonds. The van der Waals surface area contributed by atoms with Gasteiger partial charge in [-0.15, -0.1) is 0 Å². The van der Waals surface area contributed by atoms with E-state index in [1.165, 1.54) is 19.3 Å². The maximum atomic E-state index is 12.0. The fraction of sp³-hybridized carbons (Fsp3) is 0.923. The molecule has 2 rings (SSSR count). The van der Waals surface area contributed by atoms with Gasteiger partial charge in [0.05, 0.1) is 6.04 Å². The second kappa shape index (κ2) is 4.74. The van der Waals surface area contributed by atoms with Crippen LogP contribution < -0.4 is 10.6 Å². The molecule has 1 saturated heterocycles. The van der Waals surface area contributed by atoms with E-state index in [-0.39, 0.29) is 17.4 Å². The van der Waals surface area contributed by atoms with Gasteiger partial charge in [-0.2, -0.15) is 0 Å². The molecule has 2 atom stereocenters. The lowest BCUT2D eigenvalue weighted by atomic mass is 9.73. The Morgan fingerprint density at radius 2 is 2.06 bits per heavy atom. The summed E-state index contributed by atoms with van der Waals surface area (Å²) >= 11 is 0. The number of carbonyl (C=O) groups excluding carboxylic acids is 1. The molecule has 92 valence electrons. The van der Waals surface area contributed by atoms with Crippen LogP contribution in [0.1, 0.15) is 52.4 Å². The van der Waals surface area contributed by atoms with Crippen LogP contribution in [0.3, 0.4) is 0 Å². The van der Waals surface area contributed by atoms with Crippen LogP contribution in [-0.2, 0) is 4.79 Å². The van der Waals surface area contributed by atoms with Crippen LogP contribution in [0.5, 0.6) is 0 Å². The topological polar surface area (TPSA) is 41.1 Å². The van der Waals surface area contributed by atoms with Crippen LogP contribution in [0.25, 0.3) is 0 Å². The Hall–Kier alpha value is -0.570. The highest BCUT2D eigenvalue weighted by Gasteiger charge is 2.34. The predicted molar refractivity (Wildman–Crippen MR) is 65.2 cm³/mol. The Balaban J connectivity index is 1.89. The fourth-order valence-corrected chi connectivity index (χ4v) is 2.94. The number of hydrogen-bond donors (Lipinski definition) is 2. The average molecular weight is 224 g/mol. The molecule has 1 aliphatic carbocycles. The molecule has 0 spiro atoms. The van der Waals surface area contributed by atoms with Crippen LogP contribution in [0.4, 0.5) is 0 Å². The molecule has 0 aromatic carbocycles. The second-order valence-electron chi connectivity index (χ2n) is 5.94. The lowest BCUT2D eigenvalue weighted by molar-refractivity contribution is -0.124. The van der Waals surface area contributed by atoms with Crippen molar-refractivity contribution in [3.05, 3.63) is 0 Å². The van der Waals surface area contributed by atoms with Crippen molar-refractivity contribution in [1.29, 1.82) is 0 Å². The minimum atomic E-state index is 0.0673. The SMILES string of the molecule is CC1(C)CCCCC1NC(=O)[C@H]1CCCN1. The van der Waals surface area contributed by atoms with Gasteiger partial charge in [0.15, 0.2) is 0 Å². The number of nitrogens with one attached hydrogen (secondary N) is 2. The third-order valence-corrected chi connectivity index (χ3v) is 4.20. The summed E-state index contributed by atoms with van der Waals surface area (Å²) < 4.78 is 0. The molecule has 0 bridgehead atoms. The summed E-state index contributed by atoms with van der Waals surface area (Å²) in [5.41, 5.74) is 0.270. The van der Waals surface area contributed by atoms with E-state index < -0.39 is 0 Å². The van der Waals surface area contributed by atoms with E-state index >= 15 is 0 Å². The lowest BCUT2D eigenvalue weighted by Gasteiger charge is -2.39. The highest BCUT2D eigenvalue weighted by molar-refractivity contribution is 5.82. The Bertz CT molecular complexity index is 257. The third-order valence-electron chi connectivity index (χ3n) is 4.20. The molecule has 0 radical (unpaired) electrons. The smallest absolute Gasteiger partial charge is 0.237 e. The Labute approximate surface area is 98.4 Å². The molecule has 1 heterocycles. The number of hydrogen-bond acceptors (Lipinski definition) is 2. The van der Waals surface area contributed by atoms with Gasteiger partial charge in [0, 0.05) is 6.04 Å². The van der Waals surface area contributed by atoms with Gasteiger partial charge >= 0.3 is 0 Å². The van der Waals surface area contributed by atoms with Gasteiger partial charge < -0.3 is 10.6 Å². The van der Waals surface area contributed by atoms with E-state index in [1.54, 1.807) is 0 Å². The summed E-state index contributed by atoms with van der Waals surface area (Å²) in [5.74, 6) is 0.220. The Kier molecular flexibility index (Phi) is 3.53. The van der Waals surface area contributed by atoms with E-state index in [2.05, 4.69) is 24.5 Å². The maximum absolute atomic E-state index is 12.0. The van der Waals surface area contributed by atoms with Crippen LogP contribution in [-0.4, -0.2) is 24.5 Å². The molecule has 1 unspecified atom stereocenters. The summed E-state index contributed by atoms with van der Waals surface area (Å²) in [6.07, 6.45) is 7.07. The first kappa shape index (κ1) is 11.9. The highest BCUT2D eigenvalue weighted by atomic mass is 16.2. The summed E-state index contributed by atoms with van der Waals surface area (Å²) in [6.45, 7) is 5.55. The molecule has 3 nitrogen and oxygen atoms in total. The molecule has 0 aromatic heterocycles. The van der Waals surface area contributed by atoms with Gasteiger partial charge in [-0.25, -0.2) is 0 Å². The molecule has 2 fully saturated rings. The zero-order valence-corrected chi connectivity index (χ0v) is 10.5. The van der Waals surface area contributed by atoms with Crippen molar-refractivity contribution >= 4 is 5.91 Å². The molecule has 2 N–H and O–H groups in total. The van der Waals surface area contributed by atoms with Crippen LogP contribution in [0.15, 0.2) is 0 Å². The number of amides is 1. The largest absolute Gasteiger partial charge is 0.351 e. The predicted octanol–water partition coefficient (Wildman–Crippen LogP) is 1.82. The first-order valence-corrected chi connectivity index (χ1v) is 6.63. The summed E-state index contributed by atoms with van der Waals surface area (Å²) in [4.78, 5) is 12.0. The zero-order valence-electron chi connectivity index (χ0n) is 10.5. The summed E-state index contributed by atoms with van der Waals surface area (Å²) in [5, 5.41) is 6.51. The van der Waals surface area contributed by atoms with Gasteiger partial charge in [0.1, 0.15) is 0 Å². The van der Waals surface area contributed by atoms with Crippen molar-refractivity contribution in [3.63, 3.8) is 0 Å². The number of rotatable bonds is 2. The van der Waals surface area contributed by atoms with E-state index in [9.17, 15) is 4.79 Å². The molecule has 0 aromatic rings. The van der Waals surface area contributed by atoms with Crippen molar-refractivity contribution in [1.82, 2.24) is 10.6 Å². The molecule has 1 aliphatic heterocycles. The second-order valence-corrected chi connectivity index (χ2v) is 5.94. The van der Waals surface area contributed by atoms with Crippen molar-refractivity contribution in [2.75, 3.05) is 6.54 Å². The molecular weight excluding hydrogens is 200 g/mol. The van der Waals surface area contributed by atoms with Crippen LogP contribution >= 0.6 is 0 Å². The van der Waals surface area contributed by atoms with Gasteiger partial charge in [-0.05, 0) is 37.6 Å². The van der Waals surface area contributed by atoms with Crippen molar-refractivity contribution in [3.8, 4) is 0 Å². The van der Waals surface area contributed by atoms with E-state index in [0.717, 1.165) is 25.8 Å². The van der Waals surface area contributed by atoms with E-state index in [0.29, 0.717) is 6.04 Å². The highest BCUT2D eigenvalue weighted by Crippen LogP contribution is 2.35. The summed E-state index contributed by atoms with van der Waals surface area (Å²) in [7, 11) is 0. The maximum Gasteiger partial charge on any atom is 0.237 e. The first-order chi connectivity index (χ1) is 7.59. The van der Waals surface area contributed by atoms with Crippen molar-refractivity contribution < 1.29 is 4.79 Å². The van der Waals surface area contributed by atoms with Crippen molar-refractivity contribution in [2.45, 2.75) is 64.5 Å². The monoisotopic (exact) mass is 224 g/mol. The van der Waals surface area contributed by atoms with Gasteiger partial charge in [0.2, 0.25) is 5.91 Å². The van der Waals surface area contributed by atoms with Gasteiger partial charge in [-0.3, -0.25) is 4.79 Å². The molecule has 1 saturated carbocycles. The Morgan fingerprint density at radius 3 is 2.69 bits per heavy atom. The molecule has 16 heavy (non-hydrogen) atoms. The normalized spacial score (nSPS) is 33.6. The first-order valence-electron chi connectivity index (χ1n) is 6.63. The lowest BCUT2D eigenvalue weighted by Crippen LogP contribution is -2.51. The zero-order chi connectivity index (χ0) is 11.6. The Morgan fingerprint density at radius 1 is 1.25 bits per heavy atom. The fourth-order valence-electron chi connectivity index (χ4n) is 2.94. The minimum Gasteiger partial charge on any atom is -0.351 e. The van der Waals surface area contributed by atoms with Crippen LogP contribution in [0, 0.1) is 5.41 Å². The molecular formula is C13H24N2O. The van der Waals surface area contributed by atoms with E-state index in [4.69, 9.17) is 0 Å². The standard InChI is InChI=1S/C13H24N2O/c1-13(2)8-4-3-7-11(13)15-12(16)10-6-5-9-14-10/h10-11,14H,3-9H2,1-2H3,(H,15,16)/t10-,11?/m1/s1. The summed E-state index contributed by atoms with van der Waals surface area (Å²) in [6, 6.07) is 0.439. The van der Waals surface area contributed by atoms with Gasteiger partial charge in [-0.1, -0.05) is 26.7 Å². The van der Waals surface area contributed by atoms with Crippen molar-refractivity contribution in [2.24, 2.45) is 5.41 Å². The van der Waals surface area contributed by atoms with Crippen LogP contribution in [0.2, 0.25) is 0 Å². The average Bonchev–Trinajstić information content (AvgIpc) is 2.74. The van der Waals surface area contributed by atoms with Gasteiger partial charge in [0.25, 0.3) is 0 Å². The molecule has 3 heteroatoms. The third kappa shape index (κ3) is 2.57. The van der Waals surface area contributed by atoms with E-state index in [1.807, 2.05) is 0 Å². The minimum absolute atomic E-state index is 0.0673. The molecule has 2 aliphatic rings.